The molecule has 0 fully saturated rings. The first-order chi connectivity index (χ1) is 12.1. The van der Waals surface area contributed by atoms with E-state index >= 15 is 0 Å². The maximum absolute atomic E-state index is 14.2. The summed E-state index contributed by atoms with van der Waals surface area (Å²) in [4.78, 5) is 0. The molecule has 0 aromatic heterocycles. The normalized spacial score (nSPS) is 10.8. The molecule has 0 spiro atoms. The number of nitrogens with one attached hydrogen (secondary N) is 1. The summed E-state index contributed by atoms with van der Waals surface area (Å²) in [5.74, 6) is -20.5. The van der Waals surface area contributed by atoms with Crippen molar-refractivity contribution in [3.63, 3.8) is 0 Å². The van der Waals surface area contributed by atoms with Crippen LogP contribution in [0.2, 0.25) is 0 Å². The first-order valence-electron chi connectivity index (χ1n) is 6.49. The number of halogens is 8. The second-order valence-corrected chi connectivity index (χ2v) is 4.70. The Morgan fingerprint density at radius 2 is 0.923 bits per heavy atom. The van der Waals surface area contributed by atoms with Gasteiger partial charge in [-0.15, -0.1) is 0 Å². The third-order valence-corrected chi connectivity index (χ3v) is 3.36. The number of benzene rings is 2. The molecule has 0 atom stereocenters. The molecule has 0 aliphatic heterocycles. The molecule has 0 unspecified atom stereocenters. The molecule has 11 heteroatoms. The monoisotopic (exact) mass is 385 g/mol. The van der Waals surface area contributed by atoms with Crippen molar-refractivity contribution in [2.45, 2.75) is 0 Å². The van der Waals surface area contributed by atoms with Crippen molar-refractivity contribution < 1.29 is 44.6 Å². The van der Waals surface area contributed by atoms with Gasteiger partial charge in [0.15, 0.2) is 40.6 Å². The molecule has 0 aliphatic rings. The van der Waals surface area contributed by atoms with Gasteiger partial charge in [-0.1, -0.05) is 0 Å². The van der Waals surface area contributed by atoms with Gasteiger partial charge in [0.25, 0.3) is 0 Å². The molecule has 0 amide bonds. The fourth-order valence-electron chi connectivity index (χ4n) is 2.16. The average Bonchev–Trinajstić information content (AvgIpc) is 2.61. The Labute approximate surface area is 140 Å². The van der Waals surface area contributed by atoms with Crippen LogP contribution in [0.1, 0.15) is 11.1 Å². The lowest BCUT2D eigenvalue weighted by Gasteiger charge is -2.16. The number of ether oxygens (including phenoxy) is 2. The highest BCUT2D eigenvalue weighted by Gasteiger charge is 2.34. The second kappa shape index (κ2) is 6.81. The van der Waals surface area contributed by atoms with E-state index in [1.54, 1.807) is 0 Å². The van der Waals surface area contributed by atoms with E-state index in [9.17, 15) is 35.1 Å². The van der Waals surface area contributed by atoms with Crippen LogP contribution in [-0.4, -0.2) is 19.9 Å². The molecule has 0 saturated carbocycles. The summed E-state index contributed by atoms with van der Waals surface area (Å²) in [7, 11) is 1.51. The predicted octanol–water partition coefficient (Wildman–Crippen LogP) is 4.23. The molecule has 0 radical (unpaired) electrons. The Morgan fingerprint density at radius 1 is 0.538 bits per heavy atom. The van der Waals surface area contributed by atoms with Crippen LogP contribution in [0.15, 0.2) is 0 Å². The minimum Gasteiger partial charge on any atom is -0.493 e. The van der Waals surface area contributed by atoms with Gasteiger partial charge in [-0.3, -0.25) is 5.41 Å². The summed E-state index contributed by atoms with van der Waals surface area (Å²) in [5.41, 5.74) is -5.11. The summed E-state index contributed by atoms with van der Waals surface area (Å²) < 4.78 is 118. The fourth-order valence-corrected chi connectivity index (χ4v) is 2.16. The van der Waals surface area contributed by atoms with E-state index in [2.05, 4.69) is 9.47 Å². The highest BCUT2D eigenvalue weighted by atomic mass is 19.2. The van der Waals surface area contributed by atoms with E-state index in [0.717, 1.165) is 14.2 Å². The lowest BCUT2D eigenvalue weighted by Crippen LogP contribution is -2.17. The minimum absolute atomic E-state index is 0.741. The van der Waals surface area contributed by atoms with Gasteiger partial charge < -0.3 is 9.47 Å². The quantitative estimate of drug-likeness (QED) is 0.371. The van der Waals surface area contributed by atoms with Crippen LogP contribution in [0, 0.1) is 51.9 Å². The Kier molecular flexibility index (Phi) is 5.10. The van der Waals surface area contributed by atoms with E-state index in [-0.39, 0.29) is 0 Å². The zero-order valence-corrected chi connectivity index (χ0v) is 12.8. The van der Waals surface area contributed by atoms with Crippen molar-refractivity contribution in [2.24, 2.45) is 0 Å². The smallest absolute Gasteiger partial charge is 0.210 e. The Hall–Kier alpha value is -2.85. The molecule has 3 nitrogen and oxygen atoms in total. The van der Waals surface area contributed by atoms with E-state index < -0.39 is 74.9 Å². The van der Waals surface area contributed by atoms with Crippen LogP contribution in [-0.2, 0) is 0 Å². The molecule has 0 bridgehead atoms. The van der Waals surface area contributed by atoms with Gasteiger partial charge in [0.1, 0.15) is 0 Å². The largest absolute Gasteiger partial charge is 0.493 e. The fraction of sp³-hybridized carbons (Fsp3) is 0.133. The van der Waals surface area contributed by atoms with Crippen LogP contribution < -0.4 is 9.47 Å². The Bertz CT molecular complexity index is 900. The molecule has 0 heterocycles. The zero-order valence-electron chi connectivity index (χ0n) is 12.8. The first kappa shape index (κ1) is 19.5. The van der Waals surface area contributed by atoms with Crippen LogP contribution >= 0.6 is 0 Å². The maximum atomic E-state index is 14.2. The number of rotatable bonds is 4. The van der Waals surface area contributed by atoms with Crippen molar-refractivity contribution in [2.75, 3.05) is 14.2 Å². The standard InChI is InChI=1S/C15H7F8NO2/c1-25-14-4(7(18)11(22)15(26-2)12(14)23)13(24)3-5(16)8(19)10(21)9(20)6(3)17/h24H,1-2H3. The van der Waals surface area contributed by atoms with Crippen molar-refractivity contribution in [1.82, 2.24) is 0 Å². The van der Waals surface area contributed by atoms with Crippen molar-refractivity contribution >= 4 is 5.71 Å². The van der Waals surface area contributed by atoms with E-state index in [1.807, 2.05) is 0 Å². The molecular formula is C15H7F8NO2. The zero-order chi connectivity index (χ0) is 19.9. The van der Waals surface area contributed by atoms with Crippen molar-refractivity contribution in [3.8, 4) is 11.5 Å². The number of methoxy groups -OCH3 is 2. The lowest BCUT2D eigenvalue weighted by molar-refractivity contribution is 0.320. The van der Waals surface area contributed by atoms with Gasteiger partial charge in [0, 0.05) is 0 Å². The number of hydrogen-bond acceptors (Lipinski definition) is 3. The predicted molar refractivity (Wildman–Crippen MR) is 71.6 cm³/mol. The minimum atomic E-state index is -2.52. The number of hydrogen-bond donors (Lipinski definition) is 1. The topological polar surface area (TPSA) is 42.3 Å². The van der Waals surface area contributed by atoms with Crippen molar-refractivity contribution in [1.29, 1.82) is 5.41 Å². The molecule has 0 saturated heterocycles. The molecule has 2 aromatic carbocycles. The molecule has 2 aromatic rings. The summed E-state index contributed by atoms with van der Waals surface area (Å²) in [6.07, 6.45) is 0. The van der Waals surface area contributed by atoms with E-state index in [1.165, 1.54) is 0 Å². The van der Waals surface area contributed by atoms with Crippen LogP contribution in [0.5, 0.6) is 11.5 Å². The maximum Gasteiger partial charge on any atom is 0.210 e. The molecule has 2 rings (SSSR count). The Balaban J connectivity index is 2.90. The van der Waals surface area contributed by atoms with Crippen LogP contribution in [0.25, 0.3) is 0 Å². The van der Waals surface area contributed by atoms with Gasteiger partial charge in [0.05, 0.1) is 31.1 Å². The van der Waals surface area contributed by atoms with Gasteiger partial charge in [-0.05, 0) is 0 Å². The molecule has 0 aliphatic carbocycles. The van der Waals surface area contributed by atoms with E-state index in [0.29, 0.717) is 0 Å². The van der Waals surface area contributed by atoms with Gasteiger partial charge in [-0.25, -0.2) is 26.3 Å². The summed E-state index contributed by atoms with van der Waals surface area (Å²) in [5, 5.41) is 7.59. The lowest BCUT2D eigenvalue weighted by atomic mass is 9.98. The van der Waals surface area contributed by atoms with Gasteiger partial charge in [-0.2, -0.15) is 8.78 Å². The molecule has 140 valence electrons. The molecule has 26 heavy (non-hydrogen) atoms. The summed E-state index contributed by atoms with van der Waals surface area (Å²) >= 11 is 0. The van der Waals surface area contributed by atoms with Crippen molar-refractivity contribution in [3.05, 3.63) is 57.7 Å². The summed E-state index contributed by atoms with van der Waals surface area (Å²) in [6.45, 7) is 0. The highest BCUT2D eigenvalue weighted by Crippen LogP contribution is 2.38. The first-order valence-corrected chi connectivity index (χ1v) is 6.49. The SMILES string of the molecule is COc1c(F)c(F)c(C(=N)c2c(F)c(F)c(F)c(F)c2F)c(OC)c1F. The van der Waals surface area contributed by atoms with Crippen LogP contribution in [0.4, 0.5) is 35.1 Å². The summed E-state index contributed by atoms with van der Waals surface area (Å²) in [6, 6.07) is 0. The Morgan fingerprint density at radius 3 is 1.35 bits per heavy atom. The van der Waals surface area contributed by atoms with Gasteiger partial charge in [0.2, 0.25) is 17.5 Å². The highest BCUT2D eigenvalue weighted by molar-refractivity contribution is 6.13. The third-order valence-electron chi connectivity index (χ3n) is 3.36. The molecule has 1 N–H and O–H groups in total. The average molecular weight is 385 g/mol. The second-order valence-electron chi connectivity index (χ2n) is 4.70. The molecular weight excluding hydrogens is 378 g/mol. The van der Waals surface area contributed by atoms with Crippen LogP contribution in [0.3, 0.4) is 0 Å². The third kappa shape index (κ3) is 2.63. The van der Waals surface area contributed by atoms with Gasteiger partial charge >= 0.3 is 0 Å². The van der Waals surface area contributed by atoms with E-state index in [4.69, 9.17) is 5.41 Å².